The zero-order chi connectivity index (χ0) is 16.5. The summed E-state index contributed by atoms with van der Waals surface area (Å²) in [4.78, 5) is 22.4. The van der Waals surface area contributed by atoms with Crippen LogP contribution in [0.15, 0.2) is 41.9 Å². The first-order valence-electron chi connectivity index (χ1n) is 8.13. The minimum absolute atomic E-state index is 0.165. The van der Waals surface area contributed by atoms with Crippen molar-refractivity contribution >= 4 is 38.7 Å². The molecule has 1 saturated heterocycles. The molecule has 1 aliphatic heterocycles. The second-order valence-corrected chi connectivity index (χ2v) is 8.03. The third-order valence-electron chi connectivity index (χ3n) is 4.59. The molecule has 3 heterocycles. The van der Waals surface area contributed by atoms with Gasteiger partial charge in [-0.25, -0.2) is 4.98 Å². The smallest absolute Gasteiger partial charge is 0.264 e. The van der Waals surface area contributed by atoms with E-state index in [1.807, 2.05) is 34.7 Å². The van der Waals surface area contributed by atoms with Crippen LogP contribution in [0.3, 0.4) is 0 Å². The molecule has 0 N–H and O–H groups in total. The Morgan fingerprint density at radius 3 is 2.71 bits per heavy atom. The Bertz CT molecular complexity index is 802. The maximum absolute atomic E-state index is 12.8. The molecule has 1 aliphatic rings. The van der Waals surface area contributed by atoms with Crippen LogP contribution < -0.4 is 0 Å². The lowest BCUT2D eigenvalue weighted by Crippen LogP contribution is -2.49. The van der Waals surface area contributed by atoms with Crippen molar-refractivity contribution in [3.05, 3.63) is 51.8 Å². The van der Waals surface area contributed by atoms with E-state index < -0.39 is 0 Å². The molecule has 4 rings (SSSR count). The van der Waals surface area contributed by atoms with Crippen LogP contribution in [0.1, 0.15) is 27.6 Å². The van der Waals surface area contributed by atoms with Gasteiger partial charge in [-0.05, 0) is 24.4 Å². The van der Waals surface area contributed by atoms with Gasteiger partial charge in [0.25, 0.3) is 5.91 Å². The first kappa shape index (κ1) is 15.7. The number of fused-ring (bicyclic) bond motifs is 1. The highest BCUT2D eigenvalue weighted by Crippen LogP contribution is 2.28. The summed E-state index contributed by atoms with van der Waals surface area (Å²) in [6.45, 7) is 5.56. The molecule has 4 nitrogen and oxygen atoms in total. The molecule has 1 unspecified atom stereocenters. The molecule has 0 bridgehead atoms. The van der Waals surface area contributed by atoms with Crippen molar-refractivity contribution in [1.82, 2.24) is 14.8 Å². The Morgan fingerprint density at radius 2 is 2.00 bits per heavy atom. The van der Waals surface area contributed by atoms with Crippen molar-refractivity contribution < 1.29 is 4.79 Å². The van der Waals surface area contributed by atoms with Crippen LogP contribution in [0.25, 0.3) is 10.1 Å². The van der Waals surface area contributed by atoms with Gasteiger partial charge >= 0.3 is 0 Å². The Hall–Kier alpha value is -1.76. The topological polar surface area (TPSA) is 36.4 Å². The molecule has 24 heavy (non-hydrogen) atoms. The number of amides is 1. The highest BCUT2D eigenvalue weighted by Gasteiger charge is 2.27. The Morgan fingerprint density at radius 1 is 1.21 bits per heavy atom. The number of carbonyl (C=O) groups excluding carboxylic acids is 1. The molecule has 1 atom stereocenters. The van der Waals surface area contributed by atoms with E-state index in [4.69, 9.17) is 0 Å². The summed E-state index contributed by atoms with van der Waals surface area (Å²) in [5.41, 5.74) is 0. The van der Waals surface area contributed by atoms with Crippen molar-refractivity contribution in [2.45, 2.75) is 13.0 Å². The van der Waals surface area contributed by atoms with Crippen LogP contribution in [-0.2, 0) is 0 Å². The van der Waals surface area contributed by atoms with E-state index in [1.165, 1.54) is 4.70 Å². The number of rotatable bonds is 3. The normalized spacial score (nSPS) is 17.3. The summed E-state index contributed by atoms with van der Waals surface area (Å²) in [6.07, 6.45) is 1.86. The fourth-order valence-electron chi connectivity index (χ4n) is 3.15. The predicted molar refractivity (Wildman–Crippen MR) is 99.8 cm³/mol. The van der Waals surface area contributed by atoms with Gasteiger partial charge in [-0.3, -0.25) is 9.69 Å². The largest absolute Gasteiger partial charge is 0.335 e. The maximum Gasteiger partial charge on any atom is 0.264 e. The van der Waals surface area contributed by atoms with Crippen LogP contribution in [0.2, 0.25) is 0 Å². The van der Waals surface area contributed by atoms with E-state index in [0.29, 0.717) is 6.04 Å². The van der Waals surface area contributed by atoms with Gasteiger partial charge in [0.2, 0.25) is 0 Å². The zero-order valence-corrected chi connectivity index (χ0v) is 15.1. The summed E-state index contributed by atoms with van der Waals surface area (Å²) in [5, 5.41) is 4.33. The highest BCUT2D eigenvalue weighted by atomic mass is 32.1. The number of thiophene rings is 1. The van der Waals surface area contributed by atoms with Crippen LogP contribution in [0.5, 0.6) is 0 Å². The Balaban J connectivity index is 1.42. The number of aromatic nitrogens is 1. The van der Waals surface area contributed by atoms with Gasteiger partial charge in [0, 0.05) is 42.5 Å². The Labute approximate surface area is 149 Å². The quantitative estimate of drug-likeness (QED) is 0.714. The van der Waals surface area contributed by atoms with Crippen LogP contribution in [0, 0.1) is 0 Å². The summed E-state index contributed by atoms with van der Waals surface area (Å²) >= 11 is 3.29. The number of hydrogen-bond donors (Lipinski definition) is 0. The van der Waals surface area contributed by atoms with E-state index in [-0.39, 0.29) is 5.91 Å². The van der Waals surface area contributed by atoms with Crippen molar-refractivity contribution in [2.24, 2.45) is 0 Å². The van der Waals surface area contributed by atoms with Crippen molar-refractivity contribution in [1.29, 1.82) is 0 Å². The number of hydrogen-bond acceptors (Lipinski definition) is 5. The van der Waals surface area contributed by atoms with Crippen molar-refractivity contribution in [2.75, 3.05) is 26.2 Å². The third kappa shape index (κ3) is 2.97. The van der Waals surface area contributed by atoms with Gasteiger partial charge in [-0.1, -0.05) is 18.2 Å². The second kappa shape index (κ2) is 6.63. The first-order valence-corrected chi connectivity index (χ1v) is 9.83. The number of carbonyl (C=O) groups is 1. The van der Waals surface area contributed by atoms with Crippen LogP contribution >= 0.6 is 22.7 Å². The number of piperazine rings is 1. The molecule has 0 saturated carbocycles. The molecule has 1 fully saturated rings. The summed E-state index contributed by atoms with van der Waals surface area (Å²) < 4.78 is 1.18. The van der Waals surface area contributed by atoms with Crippen LogP contribution in [-0.4, -0.2) is 46.9 Å². The SMILES string of the molecule is CC(c1nccs1)N1CCN(C(=O)c2cc3ccccc3s2)CC1. The molecular weight excluding hydrogens is 338 g/mol. The van der Waals surface area contributed by atoms with Gasteiger partial charge < -0.3 is 4.90 Å². The number of benzene rings is 1. The summed E-state index contributed by atoms with van der Waals surface area (Å²) in [6, 6.07) is 10.5. The van der Waals surface area contributed by atoms with E-state index in [9.17, 15) is 4.79 Å². The fourth-order valence-corrected chi connectivity index (χ4v) is 4.91. The molecule has 0 radical (unpaired) electrons. The van der Waals surface area contributed by atoms with Gasteiger partial charge in [-0.2, -0.15) is 0 Å². The molecule has 3 aromatic rings. The molecule has 0 aliphatic carbocycles. The van der Waals surface area contributed by atoms with Gasteiger partial charge in [0.05, 0.1) is 10.9 Å². The number of nitrogens with zero attached hydrogens (tertiary/aromatic N) is 3. The minimum Gasteiger partial charge on any atom is -0.335 e. The molecule has 1 amide bonds. The van der Waals surface area contributed by atoms with Gasteiger partial charge in [0.1, 0.15) is 5.01 Å². The van der Waals surface area contributed by atoms with Crippen LogP contribution in [0.4, 0.5) is 0 Å². The average Bonchev–Trinajstić information content (AvgIpc) is 3.30. The molecule has 1 aromatic carbocycles. The van der Waals surface area contributed by atoms with E-state index in [0.717, 1.165) is 41.5 Å². The number of thiazole rings is 1. The standard InChI is InChI=1S/C18H19N3OS2/c1-13(17-19-6-11-23-17)20-7-9-21(10-8-20)18(22)16-12-14-4-2-3-5-15(14)24-16/h2-6,11-13H,7-10H2,1H3. The molecule has 124 valence electrons. The maximum atomic E-state index is 12.8. The van der Waals surface area contributed by atoms with E-state index >= 15 is 0 Å². The minimum atomic E-state index is 0.165. The fraction of sp³-hybridized carbons (Fsp3) is 0.333. The van der Waals surface area contributed by atoms with Crippen molar-refractivity contribution in [3.8, 4) is 0 Å². The monoisotopic (exact) mass is 357 g/mol. The molecule has 6 heteroatoms. The summed E-state index contributed by atoms with van der Waals surface area (Å²) in [5.74, 6) is 0.165. The summed E-state index contributed by atoms with van der Waals surface area (Å²) in [7, 11) is 0. The van der Waals surface area contributed by atoms with Gasteiger partial charge in [0.15, 0.2) is 0 Å². The molecular formula is C18H19N3OS2. The second-order valence-electron chi connectivity index (χ2n) is 6.02. The predicted octanol–water partition coefficient (Wildman–Crippen LogP) is 3.88. The Kier molecular flexibility index (Phi) is 4.35. The highest BCUT2D eigenvalue weighted by molar-refractivity contribution is 7.20. The van der Waals surface area contributed by atoms with Crippen molar-refractivity contribution in [3.63, 3.8) is 0 Å². The molecule has 2 aromatic heterocycles. The lowest BCUT2D eigenvalue weighted by Gasteiger charge is -2.37. The lowest BCUT2D eigenvalue weighted by molar-refractivity contribution is 0.0586. The third-order valence-corrected chi connectivity index (χ3v) is 6.64. The van der Waals surface area contributed by atoms with E-state index in [2.05, 4.69) is 28.9 Å². The first-order chi connectivity index (χ1) is 11.7. The zero-order valence-electron chi connectivity index (χ0n) is 13.5. The van der Waals surface area contributed by atoms with E-state index in [1.54, 1.807) is 22.7 Å². The van der Waals surface area contributed by atoms with Gasteiger partial charge in [-0.15, -0.1) is 22.7 Å². The average molecular weight is 358 g/mol. The lowest BCUT2D eigenvalue weighted by atomic mass is 10.2. The molecule has 0 spiro atoms.